The van der Waals surface area contributed by atoms with Crippen LogP contribution < -0.4 is 16.0 Å². The summed E-state index contributed by atoms with van der Waals surface area (Å²) in [5, 5.41) is 9.88. The zero-order valence-corrected chi connectivity index (χ0v) is 18.4. The molecule has 26 heavy (non-hydrogen) atoms. The van der Waals surface area contributed by atoms with Gasteiger partial charge in [-0.1, -0.05) is 29.3 Å². The number of benzene rings is 1. The Morgan fingerprint density at radius 1 is 1.35 bits per heavy atom. The molecular weight excluding hydrogens is 492 g/mol. The maximum Gasteiger partial charge on any atom is 0.324 e. The standard InChI is InChI=1S/C16H21Cl2N5O2.HI/c1-3-19-15(20-6-7-23-14(24)9-21-16(23)25)22-10(2)11-4-5-12(17)13(18)8-11;/h4-5,8,10H,3,6-7,9H2,1-2H3,(H,21,25)(H2,19,20,22);1H. The van der Waals surface area contributed by atoms with Crippen molar-refractivity contribution >= 4 is 65.1 Å². The molecule has 1 saturated heterocycles. The van der Waals surface area contributed by atoms with Crippen LogP contribution in [0.4, 0.5) is 4.79 Å². The van der Waals surface area contributed by atoms with Crippen molar-refractivity contribution in [1.29, 1.82) is 0 Å². The molecule has 1 aromatic carbocycles. The maximum atomic E-state index is 11.5. The van der Waals surface area contributed by atoms with Gasteiger partial charge in [-0.05, 0) is 31.5 Å². The van der Waals surface area contributed by atoms with Crippen molar-refractivity contribution in [2.45, 2.75) is 19.9 Å². The van der Waals surface area contributed by atoms with Crippen molar-refractivity contribution in [2.75, 3.05) is 26.2 Å². The molecule has 1 aromatic rings. The molecular formula is C16H22Cl2IN5O2. The first kappa shape index (κ1) is 22.8. The zero-order chi connectivity index (χ0) is 18.4. The van der Waals surface area contributed by atoms with E-state index in [2.05, 4.69) is 20.9 Å². The Morgan fingerprint density at radius 3 is 2.65 bits per heavy atom. The molecule has 144 valence electrons. The van der Waals surface area contributed by atoms with Crippen molar-refractivity contribution < 1.29 is 9.59 Å². The lowest BCUT2D eigenvalue weighted by Crippen LogP contribution is -2.40. The SMILES string of the molecule is CCNC(=NCCN1C(=O)CNC1=O)NC(C)c1ccc(Cl)c(Cl)c1.I. The summed E-state index contributed by atoms with van der Waals surface area (Å²) in [5.74, 6) is 0.357. The minimum atomic E-state index is -0.373. The lowest BCUT2D eigenvalue weighted by molar-refractivity contribution is -0.124. The number of hydrogen-bond donors (Lipinski definition) is 3. The van der Waals surface area contributed by atoms with Crippen molar-refractivity contribution in [2.24, 2.45) is 4.99 Å². The molecule has 2 rings (SSSR count). The molecule has 3 N–H and O–H groups in total. The van der Waals surface area contributed by atoms with Crippen molar-refractivity contribution in [1.82, 2.24) is 20.9 Å². The van der Waals surface area contributed by atoms with Gasteiger partial charge in [0.05, 0.1) is 35.7 Å². The third kappa shape index (κ3) is 6.17. The number of rotatable bonds is 6. The van der Waals surface area contributed by atoms with Crippen LogP contribution in [0.25, 0.3) is 0 Å². The van der Waals surface area contributed by atoms with Gasteiger partial charge in [0, 0.05) is 6.54 Å². The third-order valence-corrected chi connectivity index (χ3v) is 4.41. The largest absolute Gasteiger partial charge is 0.357 e. The number of imide groups is 1. The Kier molecular flexibility index (Phi) is 9.45. The minimum Gasteiger partial charge on any atom is -0.357 e. The highest BCUT2D eigenvalue weighted by atomic mass is 127. The van der Waals surface area contributed by atoms with Crippen LogP contribution in [0.2, 0.25) is 10.0 Å². The van der Waals surface area contributed by atoms with Crippen LogP contribution in [0, 0.1) is 0 Å². The summed E-state index contributed by atoms with van der Waals surface area (Å²) < 4.78 is 0. The topological polar surface area (TPSA) is 85.8 Å². The van der Waals surface area contributed by atoms with E-state index in [1.807, 2.05) is 19.9 Å². The van der Waals surface area contributed by atoms with Gasteiger partial charge in [0.1, 0.15) is 0 Å². The van der Waals surface area contributed by atoms with Crippen LogP contribution in [0.3, 0.4) is 0 Å². The molecule has 0 radical (unpaired) electrons. The lowest BCUT2D eigenvalue weighted by Gasteiger charge is -2.19. The Morgan fingerprint density at radius 2 is 2.08 bits per heavy atom. The molecule has 0 aromatic heterocycles. The van der Waals surface area contributed by atoms with E-state index in [9.17, 15) is 9.59 Å². The molecule has 0 saturated carbocycles. The highest BCUT2D eigenvalue weighted by molar-refractivity contribution is 14.0. The van der Waals surface area contributed by atoms with Crippen LogP contribution in [-0.2, 0) is 4.79 Å². The minimum absolute atomic E-state index is 0. The summed E-state index contributed by atoms with van der Waals surface area (Å²) in [6.45, 7) is 5.21. The van der Waals surface area contributed by atoms with Gasteiger partial charge >= 0.3 is 6.03 Å². The number of halogens is 3. The lowest BCUT2D eigenvalue weighted by atomic mass is 10.1. The van der Waals surface area contributed by atoms with Crippen molar-refractivity contribution in [3.63, 3.8) is 0 Å². The number of urea groups is 1. The molecule has 0 aliphatic carbocycles. The zero-order valence-electron chi connectivity index (χ0n) is 14.5. The molecule has 0 spiro atoms. The van der Waals surface area contributed by atoms with E-state index in [1.54, 1.807) is 12.1 Å². The molecule has 0 bridgehead atoms. The second kappa shape index (κ2) is 10.8. The number of aliphatic imine (C=N–C) groups is 1. The van der Waals surface area contributed by atoms with E-state index in [1.165, 1.54) is 0 Å². The second-order valence-corrected chi connectivity index (χ2v) is 6.32. The number of hydrogen-bond acceptors (Lipinski definition) is 3. The number of guanidine groups is 1. The van der Waals surface area contributed by atoms with E-state index in [0.29, 0.717) is 29.1 Å². The molecule has 1 fully saturated rings. The van der Waals surface area contributed by atoms with Crippen LogP contribution in [0.15, 0.2) is 23.2 Å². The fourth-order valence-corrected chi connectivity index (χ4v) is 2.64. The molecule has 7 nitrogen and oxygen atoms in total. The molecule has 1 heterocycles. The van der Waals surface area contributed by atoms with Gasteiger partial charge in [0.15, 0.2) is 5.96 Å². The summed E-state index contributed by atoms with van der Waals surface area (Å²) in [6, 6.07) is 5.02. The van der Waals surface area contributed by atoms with Crippen LogP contribution in [-0.4, -0.2) is 49.0 Å². The van der Waals surface area contributed by atoms with Gasteiger partial charge in [-0.15, -0.1) is 24.0 Å². The highest BCUT2D eigenvalue weighted by Crippen LogP contribution is 2.25. The van der Waals surface area contributed by atoms with Gasteiger partial charge in [0.2, 0.25) is 5.91 Å². The summed E-state index contributed by atoms with van der Waals surface area (Å²) in [7, 11) is 0. The molecule has 10 heteroatoms. The molecule has 1 unspecified atom stereocenters. The summed E-state index contributed by atoms with van der Waals surface area (Å²) in [4.78, 5) is 28.6. The monoisotopic (exact) mass is 513 g/mol. The first-order valence-corrected chi connectivity index (χ1v) is 8.76. The summed E-state index contributed by atoms with van der Waals surface area (Å²) in [5.41, 5.74) is 0.967. The van der Waals surface area contributed by atoms with Gasteiger partial charge in [0.25, 0.3) is 0 Å². The van der Waals surface area contributed by atoms with E-state index in [4.69, 9.17) is 23.2 Å². The second-order valence-electron chi connectivity index (χ2n) is 5.50. The van der Waals surface area contributed by atoms with Gasteiger partial charge in [-0.25, -0.2) is 4.79 Å². The van der Waals surface area contributed by atoms with Gasteiger partial charge < -0.3 is 16.0 Å². The highest BCUT2D eigenvalue weighted by Gasteiger charge is 2.27. The van der Waals surface area contributed by atoms with Crippen molar-refractivity contribution in [3.05, 3.63) is 33.8 Å². The first-order chi connectivity index (χ1) is 11.9. The predicted molar refractivity (Wildman–Crippen MR) is 115 cm³/mol. The number of nitrogens with zero attached hydrogens (tertiary/aromatic N) is 2. The molecule has 1 atom stereocenters. The maximum absolute atomic E-state index is 11.5. The Balaban J connectivity index is 0.00000338. The number of nitrogens with one attached hydrogen (secondary N) is 3. The van der Waals surface area contributed by atoms with E-state index < -0.39 is 0 Å². The summed E-state index contributed by atoms with van der Waals surface area (Å²) in [6.07, 6.45) is 0. The Labute approximate surface area is 179 Å². The Bertz CT molecular complexity index is 671. The molecule has 1 aliphatic rings. The van der Waals surface area contributed by atoms with E-state index >= 15 is 0 Å². The Hall–Kier alpha value is -1.26. The smallest absolute Gasteiger partial charge is 0.324 e. The molecule has 1 aliphatic heterocycles. The molecule has 3 amide bonds. The predicted octanol–water partition coefficient (Wildman–Crippen LogP) is 2.78. The van der Waals surface area contributed by atoms with E-state index in [0.717, 1.165) is 10.5 Å². The number of amides is 3. The normalized spacial score (nSPS) is 15.4. The van der Waals surface area contributed by atoms with Gasteiger partial charge in [-0.2, -0.15) is 0 Å². The fourth-order valence-electron chi connectivity index (χ4n) is 2.33. The average Bonchev–Trinajstić information content (AvgIpc) is 2.89. The quantitative estimate of drug-likeness (QED) is 0.236. The van der Waals surface area contributed by atoms with Crippen LogP contribution >= 0.6 is 47.2 Å². The van der Waals surface area contributed by atoms with Crippen LogP contribution in [0.5, 0.6) is 0 Å². The number of carbonyl (C=O) groups is 2. The average molecular weight is 514 g/mol. The third-order valence-electron chi connectivity index (χ3n) is 3.67. The van der Waals surface area contributed by atoms with E-state index in [-0.39, 0.29) is 55.0 Å². The summed E-state index contributed by atoms with van der Waals surface area (Å²) >= 11 is 12.0. The first-order valence-electron chi connectivity index (χ1n) is 8.00. The fraction of sp³-hybridized carbons (Fsp3) is 0.438. The van der Waals surface area contributed by atoms with Crippen LogP contribution in [0.1, 0.15) is 25.5 Å². The van der Waals surface area contributed by atoms with Crippen molar-refractivity contribution in [3.8, 4) is 0 Å². The van der Waals surface area contributed by atoms with Gasteiger partial charge in [-0.3, -0.25) is 14.7 Å². The number of carbonyl (C=O) groups excluding carboxylic acids is 2.